The Labute approximate surface area is 193 Å². The lowest BCUT2D eigenvalue weighted by Crippen LogP contribution is -2.41. The number of fused-ring (bicyclic) bond motifs is 1. The Morgan fingerprint density at radius 3 is 2.27 bits per heavy atom. The van der Waals surface area contributed by atoms with Crippen LogP contribution in [-0.4, -0.2) is 48.8 Å². The smallest absolute Gasteiger partial charge is 0.317 e. The third-order valence-electron chi connectivity index (χ3n) is 5.08. The Balaban J connectivity index is 2.24. The Bertz CT molecular complexity index is 1420. The number of benzene rings is 2. The molecule has 3 aromatic rings. The van der Waals surface area contributed by atoms with Crippen molar-refractivity contribution >= 4 is 32.8 Å². The van der Waals surface area contributed by atoms with Crippen molar-refractivity contribution in [3.05, 3.63) is 62.7 Å². The highest BCUT2D eigenvalue weighted by molar-refractivity contribution is 7.99. The van der Waals surface area contributed by atoms with Gasteiger partial charge in [0.25, 0.3) is 5.76 Å². The van der Waals surface area contributed by atoms with E-state index in [1.165, 1.54) is 60.7 Å². The van der Waals surface area contributed by atoms with Crippen LogP contribution in [0.5, 0.6) is 5.75 Å². The van der Waals surface area contributed by atoms with Gasteiger partial charge in [0.1, 0.15) is 5.75 Å². The zero-order chi connectivity index (χ0) is 24.5. The number of halogens is 2. The van der Waals surface area contributed by atoms with E-state index in [1.807, 2.05) is 0 Å². The Hall–Kier alpha value is -2.70. The SMILES string of the molecule is CCn1c(=O)c(=O)n(Cc2ccc(SC(F)F)c(OC)c2)c2cc(S(=O)(=O)N(C)C)ccc21. The van der Waals surface area contributed by atoms with Crippen LogP contribution < -0.4 is 15.9 Å². The van der Waals surface area contributed by atoms with E-state index in [4.69, 9.17) is 4.74 Å². The van der Waals surface area contributed by atoms with Crippen molar-refractivity contribution in [3.63, 3.8) is 0 Å². The number of sulfonamides is 1. The summed E-state index contributed by atoms with van der Waals surface area (Å²) in [6.45, 7) is 1.84. The molecule has 0 aliphatic carbocycles. The summed E-state index contributed by atoms with van der Waals surface area (Å²) in [4.78, 5) is 25.9. The van der Waals surface area contributed by atoms with Gasteiger partial charge in [0.05, 0.1) is 34.5 Å². The fourth-order valence-electron chi connectivity index (χ4n) is 3.43. The Morgan fingerprint density at radius 2 is 1.70 bits per heavy atom. The van der Waals surface area contributed by atoms with Gasteiger partial charge in [0, 0.05) is 20.6 Å². The van der Waals surface area contributed by atoms with E-state index in [9.17, 15) is 26.8 Å². The van der Waals surface area contributed by atoms with Gasteiger partial charge < -0.3 is 9.30 Å². The van der Waals surface area contributed by atoms with E-state index in [0.717, 1.165) is 4.31 Å². The van der Waals surface area contributed by atoms with Gasteiger partial charge >= 0.3 is 11.1 Å². The summed E-state index contributed by atoms with van der Waals surface area (Å²) in [6.07, 6.45) is 0. The molecule has 0 amide bonds. The van der Waals surface area contributed by atoms with Crippen molar-refractivity contribution in [3.8, 4) is 5.75 Å². The van der Waals surface area contributed by atoms with Crippen molar-refractivity contribution in [2.75, 3.05) is 21.2 Å². The predicted molar refractivity (Wildman–Crippen MR) is 123 cm³/mol. The predicted octanol–water partition coefficient (Wildman–Crippen LogP) is 2.81. The molecule has 0 radical (unpaired) electrons. The molecule has 0 saturated carbocycles. The van der Waals surface area contributed by atoms with Crippen molar-refractivity contribution in [1.29, 1.82) is 0 Å². The number of aromatic nitrogens is 2. The summed E-state index contributed by atoms with van der Waals surface area (Å²) in [6, 6.07) is 8.75. The maximum atomic E-state index is 13.0. The topological polar surface area (TPSA) is 90.6 Å². The summed E-state index contributed by atoms with van der Waals surface area (Å²) in [5.74, 6) is -2.43. The average molecular weight is 500 g/mol. The van der Waals surface area contributed by atoms with E-state index in [1.54, 1.807) is 13.0 Å². The number of aryl methyl sites for hydroxylation is 1. The lowest BCUT2D eigenvalue weighted by Gasteiger charge is -2.17. The number of alkyl halides is 2. The highest BCUT2D eigenvalue weighted by Crippen LogP contribution is 2.34. The van der Waals surface area contributed by atoms with Crippen molar-refractivity contribution in [1.82, 2.24) is 13.4 Å². The average Bonchev–Trinajstić information content (AvgIpc) is 2.77. The minimum Gasteiger partial charge on any atom is -0.496 e. The molecule has 1 aromatic heterocycles. The van der Waals surface area contributed by atoms with Gasteiger partial charge in [-0.2, -0.15) is 8.78 Å². The van der Waals surface area contributed by atoms with Crippen molar-refractivity contribution < 1.29 is 21.9 Å². The second kappa shape index (κ2) is 9.65. The molecule has 0 atom stereocenters. The van der Waals surface area contributed by atoms with Gasteiger partial charge in [-0.3, -0.25) is 14.2 Å². The molecule has 0 aliphatic heterocycles. The highest BCUT2D eigenvalue weighted by Gasteiger charge is 2.21. The molecular formula is C21H23F2N3O5S2. The molecule has 3 rings (SSSR count). The van der Waals surface area contributed by atoms with E-state index in [2.05, 4.69) is 0 Å². The van der Waals surface area contributed by atoms with Crippen molar-refractivity contribution in [2.24, 2.45) is 0 Å². The number of hydrogen-bond donors (Lipinski definition) is 0. The fraction of sp³-hybridized carbons (Fsp3) is 0.333. The number of thioether (sulfide) groups is 1. The second-order valence-electron chi connectivity index (χ2n) is 7.24. The number of hydrogen-bond acceptors (Lipinski definition) is 6. The van der Waals surface area contributed by atoms with Crippen LogP contribution in [0.3, 0.4) is 0 Å². The van der Waals surface area contributed by atoms with Crippen LogP contribution in [0, 0.1) is 0 Å². The molecule has 0 bridgehead atoms. The minimum absolute atomic E-state index is 0.0317. The number of ether oxygens (including phenoxy) is 1. The molecule has 33 heavy (non-hydrogen) atoms. The molecular weight excluding hydrogens is 476 g/mol. The molecule has 178 valence electrons. The fourth-order valence-corrected chi connectivity index (χ4v) is 4.95. The molecule has 0 spiro atoms. The van der Waals surface area contributed by atoms with Crippen LogP contribution >= 0.6 is 11.8 Å². The lowest BCUT2D eigenvalue weighted by atomic mass is 10.2. The molecule has 0 aliphatic rings. The van der Waals surface area contributed by atoms with E-state index in [-0.39, 0.29) is 34.1 Å². The van der Waals surface area contributed by atoms with Crippen LogP contribution in [0.2, 0.25) is 0 Å². The summed E-state index contributed by atoms with van der Waals surface area (Å²) >= 11 is 0.334. The maximum Gasteiger partial charge on any atom is 0.317 e. The summed E-state index contributed by atoms with van der Waals surface area (Å²) in [7, 11) is 0.340. The summed E-state index contributed by atoms with van der Waals surface area (Å²) < 4.78 is 59.6. The first-order valence-electron chi connectivity index (χ1n) is 9.82. The molecule has 0 fully saturated rings. The molecule has 1 heterocycles. The molecule has 0 saturated heterocycles. The summed E-state index contributed by atoms with van der Waals surface area (Å²) in [5.41, 5.74) is -0.395. The van der Waals surface area contributed by atoms with Gasteiger partial charge in [-0.15, -0.1) is 0 Å². The number of methoxy groups -OCH3 is 1. The van der Waals surface area contributed by atoms with Crippen LogP contribution in [0.15, 0.2) is 55.8 Å². The standard InChI is InChI=1S/C21H23F2N3O5S2/c1-5-25-15-8-7-14(33(29,30)24(2)3)11-16(15)26(20(28)19(25)27)12-13-6-9-18(32-21(22)23)17(10-13)31-4/h6-11,21H,5,12H2,1-4H3. The second-order valence-corrected chi connectivity index (χ2v) is 10.4. The summed E-state index contributed by atoms with van der Waals surface area (Å²) in [5, 5.41) is 0. The molecule has 12 heteroatoms. The Kier molecular flexibility index (Phi) is 7.29. The quantitative estimate of drug-likeness (QED) is 0.350. The van der Waals surface area contributed by atoms with E-state index < -0.39 is 26.9 Å². The van der Waals surface area contributed by atoms with Crippen LogP contribution in [-0.2, 0) is 23.1 Å². The number of nitrogens with zero attached hydrogens (tertiary/aromatic N) is 3. The monoisotopic (exact) mass is 499 g/mol. The third-order valence-corrected chi connectivity index (χ3v) is 7.66. The van der Waals surface area contributed by atoms with E-state index in [0.29, 0.717) is 22.8 Å². The Morgan fingerprint density at radius 1 is 1.03 bits per heavy atom. The normalized spacial score (nSPS) is 12.1. The molecule has 0 N–H and O–H groups in total. The first kappa shape index (κ1) is 24.9. The number of rotatable bonds is 8. The van der Waals surface area contributed by atoms with Crippen molar-refractivity contribution in [2.45, 2.75) is 35.6 Å². The van der Waals surface area contributed by atoms with Gasteiger partial charge in [0.15, 0.2) is 0 Å². The van der Waals surface area contributed by atoms with E-state index >= 15 is 0 Å². The lowest BCUT2D eigenvalue weighted by molar-refractivity contribution is 0.251. The molecule has 8 nitrogen and oxygen atoms in total. The van der Waals surface area contributed by atoms with Gasteiger partial charge in [-0.1, -0.05) is 17.8 Å². The van der Waals surface area contributed by atoms with Crippen LogP contribution in [0.4, 0.5) is 8.78 Å². The first-order valence-corrected chi connectivity index (χ1v) is 12.1. The van der Waals surface area contributed by atoms with Crippen LogP contribution in [0.25, 0.3) is 11.0 Å². The third kappa shape index (κ3) is 4.82. The van der Waals surface area contributed by atoms with Crippen LogP contribution in [0.1, 0.15) is 12.5 Å². The van der Waals surface area contributed by atoms with Gasteiger partial charge in [-0.05, 0) is 42.8 Å². The highest BCUT2D eigenvalue weighted by atomic mass is 32.2. The zero-order valence-electron chi connectivity index (χ0n) is 18.4. The van der Waals surface area contributed by atoms with Gasteiger partial charge in [-0.25, -0.2) is 12.7 Å². The molecule has 0 unspecified atom stereocenters. The minimum atomic E-state index is -3.79. The zero-order valence-corrected chi connectivity index (χ0v) is 20.0. The maximum absolute atomic E-state index is 13.0. The first-order chi connectivity index (χ1) is 15.5. The van der Waals surface area contributed by atoms with Gasteiger partial charge in [0.2, 0.25) is 10.0 Å². The molecule has 2 aromatic carbocycles. The largest absolute Gasteiger partial charge is 0.496 e.